The Morgan fingerprint density at radius 2 is 2.00 bits per heavy atom. The van der Waals surface area contributed by atoms with Gasteiger partial charge in [0.05, 0.1) is 5.56 Å². The number of likely N-dealkylation sites (N-methyl/N-ethyl adjacent to an activating group) is 1. The summed E-state index contributed by atoms with van der Waals surface area (Å²) in [6, 6.07) is 1.17. The van der Waals surface area contributed by atoms with Gasteiger partial charge in [-0.05, 0) is 13.8 Å². The van der Waals surface area contributed by atoms with Crippen LogP contribution in [0.3, 0.4) is 0 Å². The molecule has 1 aliphatic rings. The van der Waals surface area contributed by atoms with Crippen molar-refractivity contribution in [2.75, 3.05) is 20.1 Å². The van der Waals surface area contributed by atoms with E-state index in [1.165, 1.54) is 11.0 Å². The molecule has 7 heteroatoms. The summed E-state index contributed by atoms with van der Waals surface area (Å²) in [6.45, 7) is 4.12. The van der Waals surface area contributed by atoms with E-state index < -0.39 is 17.4 Å². The molecule has 1 aliphatic heterocycles. The number of nitrogens with zero attached hydrogens (tertiary/aromatic N) is 2. The van der Waals surface area contributed by atoms with Crippen LogP contribution in [0, 0.1) is 0 Å². The number of carboxylic acids is 1. The molecule has 0 unspecified atom stereocenters. The molecule has 2 rings (SSSR count). The molecule has 1 fully saturated rings. The molecule has 1 aromatic rings. The van der Waals surface area contributed by atoms with Gasteiger partial charge in [0.15, 0.2) is 5.76 Å². The molecule has 0 atom stereocenters. The van der Waals surface area contributed by atoms with E-state index in [0.29, 0.717) is 13.1 Å². The molecule has 1 saturated heterocycles. The van der Waals surface area contributed by atoms with E-state index in [-0.39, 0.29) is 17.2 Å². The highest BCUT2D eigenvalue weighted by molar-refractivity contribution is 5.99. The van der Waals surface area contributed by atoms with E-state index in [1.54, 1.807) is 25.8 Å². The first-order valence-electron chi connectivity index (χ1n) is 6.14. The van der Waals surface area contributed by atoms with Crippen LogP contribution in [0.25, 0.3) is 0 Å². The normalized spacial score (nSPS) is 18.2. The quantitative estimate of drug-likeness (QED) is 0.859. The van der Waals surface area contributed by atoms with Gasteiger partial charge in [-0.2, -0.15) is 0 Å². The van der Waals surface area contributed by atoms with E-state index in [9.17, 15) is 14.4 Å². The molecule has 2 heterocycles. The number of hydrogen-bond acceptors (Lipinski definition) is 4. The number of aromatic carboxylic acids is 1. The Bertz CT molecular complexity index is 575. The van der Waals surface area contributed by atoms with Crippen molar-refractivity contribution in [1.82, 2.24) is 9.80 Å². The van der Waals surface area contributed by atoms with Gasteiger partial charge >= 0.3 is 5.97 Å². The summed E-state index contributed by atoms with van der Waals surface area (Å²) in [5.41, 5.74) is -1.08. The first-order valence-corrected chi connectivity index (χ1v) is 6.14. The van der Waals surface area contributed by atoms with Crippen LogP contribution >= 0.6 is 0 Å². The summed E-state index contributed by atoms with van der Waals surface area (Å²) < 4.78 is 5.00. The summed E-state index contributed by atoms with van der Waals surface area (Å²) in [6.07, 6.45) is 1.01. The lowest BCUT2D eigenvalue weighted by atomic mass is 9.97. The van der Waals surface area contributed by atoms with Gasteiger partial charge in [-0.3, -0.25) is 9.59 Å². The second kappa shape index (κ2) is 4.66. The monoisotopic (exact) mass is 280 g/mol. The SMILES string of the molecule is CN1CCN(C(=O)c2cc(C(=O)O)co2)C(C)(C)C1=O. The van der Waals surface area contributed by atoms with Gasteiger partial charge in [0, 0.05) is 26.2 Å². The molecule has 2 amide bonds. The molecule has 0 radical (unpaired) electrons. The zero-order chi connectivity index (χ0) is 15.1. The third-order valence-corrected chi connectivity index (χ3v) is 3.51. The van der Waals surface area contributed by atoms with Gasteiger partial charge in [0.25, 0.3) is 5.91 Å². The lowest BCUT2D eigenvalue weighted by molar-refractivity contribution is -0.144. The molecule has 0 aromatic carbocycles. The Morgan fingerprint density at radius 3 is 2.55 bits per heavy atom. The van der Waals surface area contributed by atoms with Gasteiger partial charge in [-0.25, -0.2) is 4.79 Å². The zero-order valence-corrected chi connectivity index (χ0v) is 11.5. The van der Waals surface area contributed by atoms with Crippen LogP contribution in [-0.2, 0) is 4.79 Å². The summed E-state index contributed by atoms with van der Waals surface area (Å²) in [7, 11) is 1.68. The zero-order valence-electron chi connectivity index (χ0n) is 11.5. The number of amides is 2. The van der Waals surface area contributed by atoms with Crippen LogP contribution in [0.1, 0.15) is 34.8 Å². The Hall–Kier alpha value is -2.31. The molecule has 7 nitrogen and oxygen atoms in total. The van der Waals surface area contributed by atoms with Crippen molar-refractivity contribution in [2.24, 2.45) is 0 Å². The largest absolute Gasteiger partial charge is 0.478 e. The van der Waals surface area contributed by atoms with Gasteiger partial charge in [-0.1, -0.05) is 0 Å². The van der Waals surface area contributed by atoms with Gasteiger partial charge in [0.1, 0.15) is 11.8 Å². The van der Waals surface area contributed by atoms with Crippen LogP contribution < -0.4 is 0 Å². The Labute approximate surface area is 115 Å². The second-order valence-electron chi connectivity index (χ2n) is 5.25. The molecular formula is C13H16N2O5. The average Bonchev–Trinajstić information content (AvgIpc) is 2.85. The van der Waals surface area contributed by atoms with Crippen molar-refractivity contribution in [3.8, 4) is 0 Å². The highest BCUT2D eigenvalue weighted by atomic mass is 16.4. The molecule has 108 valence electrons. The number of furan rings is 1. The smallest absolute Gasteiger partial charge is 0.338 e. The fourth-order valence-electron chi connectivity index (χ4n) is 2.26. The maximum atomic E-state index is 12.4. The van der Waals surface area contributed by atoms with E-state index in [0.717, 1.165) is 6.26 Å². The van der Waals surface area contributed by atoms with Gasteiger partial charge in [-0.15, -0.1) is 0 Å². The first kappa shape index (κ1) is 14.1. The van der Waals surface area contributed by atoms with E-state index in [1.807, 2.05) is 0 Å². The third-order valence-electron chi connectivity index (χ3n) is 3.51. The minimum atomic E-state index is -1.17. The predicted octanol–water partition coefficient (Wildman–Crippen LogP) is 0.671. The lowest BCUT2D eigenvalue weighted by Crippen LogP contribution is -2.63. The van der Waals surface area contributed by atoms with E-state index in [4.69, 9.17) is 9.52 Å². The Kier molecular flexibility index (Phi) is 3.29. The van der Waals surface area contributed by atoms with Crippen molar-refractivity contribution < 1.29 is 23.9 Å². The van der Waals surface area contributed by atoms with Crippen molar-refractivity contribution in [3.63, 3.8) is 0 Å². The van der Waals surface area contributed by atoms with Crippen LogP contribution in [0.2, 0.25) is 0 Å². The topological polar surface area (TPSA) is 91.1 Å². The fraction of sp³-hybridized carbons (Fsp3) is 0.462. The average molecular weight is 280 g/mol. The minimum absolute atomic E-state index is 0.0761. The molecule has 1 aromatic heterocycles. The molecule has 0 spiro atoms. The Morgan fingerprint density at radius 1 is 1.35 bits per heavy atom. The molecule has 0 bridgehead atoms. The molecular weight excluding hydrogens is 264 g/mol. The van der Waals surface area contributed by atoms with Crippen molar-refractivity contribution in [1.29, 1.82) is 0 Å². The summed E-state index contributed by atoms with van der Waals surface area (Å²) in [4.78, 5) is 38.2. The second-order valence-corrected chi connectivity index (χ2v) is 5.25. The van der Waals surface area contributed by atoms with Crippen molar-refractivity contribution in [3.05, 3.63) is 23.7 Å². The van der Waals surface area contributed by atoms with Gasteiger partial charge < -0.3 is 19.3 Å². The predicted molar refractivity (Wildman–Crippen MR) is 68.4 cm³/mol. The third kappa shape index (κ3) is 2.15. The number of carbonyl (C=O) groups is 3. The van der Waals surface area contributed by atoms with Crippen molar-refractivity contribution >= 4 is 17.8 Å². The van der Waals surface area contributed by atoms with Crippen LogP contribution in [0.15, 0.2) is 16.7 Å². The molecule has 20 heavy (non-hydrogen) atoms. The highest BCUT2D eigenvalue weighted by Gasteiger charge is 2.43. The fourth-order valence-corrected chi connectivity index (χ4v) is 2.26. The van der Waals surface area contributed by atoms with Crippen LogP contribution in [-0.4, -0.2) is 58.4 Å². The maximum Gasteiger partial charge on any atom is 0.338 e. The first-order chi connectivity index (χ1) is 9.25. The van der Waals surface area contributed by atoms with E-state index in [2.05, 4.69) is 0 Å². The van der Waals surface area contributed by atoms with Crippen molar-refractivity contribution in [2.45, 2.75) is 19.4 Å². The van der Waals surface area contributed by atoms with Gasteiger partial charge in [0.2, 0.25) is 5.91 Å². The lowest BCUT2D eigenvalue weighted by Gasteiger charge is -2.44. The summed E-state index contributed by atoms with van der Waals surface area (Å²) in [5, 5.41) is 8.82. The van der Waals surface area contributed by atoms with E-state index >= 15 is 0 Å². The maximum absolute atomic E-state index is 12.4. The molecule has 0 aliphatic carbocycles. The number of hydrogen-bond donors (Lipinski definition) is 1. The van der Waals surface area contributed by atoms with Crippen LogP contribution in [0.4, 0.5) is 0 Å². The number of rotatable bonds is 2. The minimum Gasteiger partial charge on any atom is -0.478 e. The molecule has 0 saturated carbocycles. The number of carbonyl (C=O) groups excluding carboxylic acids is 2. The number of piperazine rings is 1. The Balaban J connectivity index is 2.28. The number of carboxylic acid groups (broad SMARTS) is 1. The standard InChI is InChI=1S/C13H16N2O5/c1-13(2)12(19)14(3)4-5-15(13)10(16)9-6-8(7-20-9)11(17)18/h6-7H,4-5H2,1-3H3,(H,17,18). The summed E-state index contributed by atoms with van der Waals surface area (Å²) >= 11 is 0. The summed E-state index contributed by atoms with van der Waals surface area (Å²) in [5.74, 6) is -1.89. The molecule has 1 N–H and O–H groups in total. The van der Waals surface area contributed by atoms with Crippen LogP contribution in [0.5, 0.6) is 0 Å². The highest BCUT2D eigenvalue weighted by Crippen LogP contribution is 2.24.